The summed E-state index contributed by atoms with van der Waals surface area (Å²) >= 11 is 1.56. The van der Waals surface area contributed by atoms with Crippen LogP contribution in [0.5, 0.6) is 0 Å². The number of benzene rings is 1. The molecule has 0 radical (unpaired) electrons. The molecule has 22 heavy (non-hydrogen) atoms. The normalized spacial score (nSPS) is 17.8. The van der Waals surface area contributed by atoms with Crippen LogP contribution < -0.4 is 5.32 Å². The average Bonchev–Trinajstić information content (AvgIpc) is 2.89. The van der Waals surface area contributed by atoms with E-state index < -0.39 is 0 Å². The van der Waals surface area contributed by atoms with Gasteiger partial charge in [-0.15, -0.1) is 11.8 Å². The van der Waals surface area contributed by atoms with Crippen molar-refractivity contribution in [3.63, 3.8) is 0 Å². The van der Waals surface area contributed by atoms with E-state index in [-0.39, 0.29) is 12.0 Å². The number of methoxy groups -OCH3 is 1. The lowest BCUT2D eigenvalue weighted by molar-refractivity contribution is 0.0597. The molecule has 1 aliphatic heterocycles. The van der Waals surface area contributed by atoms with Crippen molar-refractivity contribution in [2.24, 2.45) is 5.92 Å². The van der Waals surface area contributed by atoms with Crippen LogP contribution in [-0.2, 0) is 11.3 Å². The highest BCUT2D eigenvalue weighted by molar-refractivity contribution is 7.98. The molecule has 6 heteroatoms. The number of thioether (sulfide) groups is 1. The summed E-state index contributed by atoms with van der Waals surface area (Å²) in [5.41, 5.74) is 2.55. The van der Waals surface area contributed by atoms with Crippen molar-refractivity contribution < 1.29 is 9.53 Å². The fourth-order valence-corrected chi connectivity index (χ4v) is 3.63. The minimum absolute atomic E-state index is 0.250. The van der Waals surface area contributed by atoms with Gasteiger partial charge in [0.15, 0.2) is 0 Å². The van der Waals surface area contributed by atoms with Crippen molar-refractivity contribution in [3.05, 3.63) is 23.5 Å². The molecule has 118 valence electrons. The quantitative estimate of drug-likeness (QED) is 0.696. The van der Waals surface area contributed by atoms with Crippen molar-refractivity contribution in [1.82, 2.24) is 14.9 Å². The van der Waals surface area contributed by atoms with Crippen molar-refractivity contribution in [2.75, 3.05) is 19.9 Å². The van der Waals surface area contributed by atoms with E-state index in [1.54, 1.807) is 11.8 Å². The number of hydrogen-bond donors (Lipinski definition) is 1. The third kappa shape index (κ3) is 2.40. The molecule has 3 rings (SSSR count). The zero-order chi connectivity index (χ0) is 15.9. The molecule has 0 unspecified atom stereocenters. The molecule has 1 atom stereocenters. The topological polar surface area (TPSA) is 56.1 Å². The molecule has 1 aliphatic rings. The highest BCUT2D eigenvalue weighted by atomic mass is 32.2. The third-order valence-electron chi connectivity index (χ3n) is 4.15. The predicted octanol–water partition coefficient (Wildman–Crippen LogP) is 2.85. The van der Waals surface area contributed by atoms with Crippen molar-refractivity contribution >= 4 is 28.8 Å². The predicted molar refractivity (Wildman–Crippen MR) is 88.4 cm³/mol. The largest absolute Gasteiger partial charge is 0.465 e. The Balaban J connectivity index is 2.21. The summed E-state index contributed by atoms with van der Waals surface area (Å²) < 4.78 is 7.16. The molecule has 5 nitrogen and oxygen atoms in total. The van der Waals surface area contributed by atoms with E-state index in [1.807, 2.05) is 12.3 Å². The Hall–Kier alpha value is -1.53. The Bertz CT molecular complexity index is 724. The number of nitrogens with one attached hydrogen (secondary N) is 1. The van der Waals surface area contributed by atoms with E-state index in [0.29, 0.717) is 11.5 Å². The zero-order valence-corrected chi connectivity index (χ0v) is 14.2. The summed E-state index contributed by atoms with van der Waals surface area (Å²) in [7, 11) is 1.41. The number of nitrogens with zero attached hydrogens (tertiary/aromatic N) is 2. The summed E-state index contributed by atoms with van der Waals surface area (Å²) in [5.74, 6) is 1.22. The smallest absolute Gasteiger partial charge is 0.339 e. The number of fused-ring (bicyclic) bond motifs is 3. The van der Waals surface area contributed by atoms with Crippen LogP contribution >= 0.6 is 11.8 Å². The number of ether oxygens (including phenoxy) is 1. The van der Waals surface area contributed by atoms with Crippen LogP contribution in [0.4, 0.5) is 0 Å². The molecule has 0 aliphatic carbocycles. The van der Waals surface area contributed by atoms with Gasteiger partial charge >= 0.3 is 5.97 Å². The maximum Gasteiger partial charge on any atom is 0.339 e. The van der Waals surface area contributed by atoms with Gasteiger partial charge in [-0.25, -0.2) is 9.78 Å². The van der Waals surface area contributed by atoms with E-state index in [4.69, 9.17) is 9.72 Å². The molecular weight excluding hydrogens is 298 g/mol. The lowest BCUT2D eigenvalue weighted by atomic mass is 10.0. The van der Waals surface area contributed by atoms with E-state index >= 15 is 0 Å². The maximum atomic E-state index is 12.0. The Kier molecular flexibility index (Phi) is 4.14. The molecule has 1 N–H and O–H groups in total. The van der Waals surface area contributed by atoms with Crippen LogP contribution in [-0.4, -0.2) is 35.4 Å². The van der Waals surface area contributed by atoms with Crippen LogP contribution in [0.3, 0.4) is 0 Å². The molecule has 0 saturated carbocycles. The zero-order valence-electron chi connectivity index (χ0n) is 13.3. The molecule has 2 heterocycles. The highest BCUT2D eigenvalue weighted by Gasteiger charge is 2.27. The van der Waals surface area contributed by atoms with E-state index in [2.05, 4.69) is 29.8 Å². The third-order valence-corrected chi connectivity index (χ3v) is 4.93. The number of rotatable bonds is 3. The Morgan fingerprint density at radius 2 is 2.27 bits per heavy atom. The van der Waals surface area contributed by atoms with Crippen LogP contribution in [0.25, 0.3) is 11.0 Å². The van der Waals surface area contributed by atoms with Crippen molar-refractivity contribution in [2.45, 2.75) is 31.3 Å². The highest BCUT2D eigenvalue weighted by Crippen LogP contribution is 2.32. The molecular formula is C16H21N3O2S. The Morgan fingerprint density at radius 1 is 1.50 bits per heavy atom. The average molecular weight is 319 g/mol. The van der Waals surface area contributed by atoms with Gasteiger partial charge in [-0.2, -0.15) is 0 Å². The van der Waals surface area contributed by atoms with Crippen molar-refractivity contribution in [3.8, 4) is 0 Å². The summed E-state index contributed by atoms with van der Waals surface area (Å²) in [5, 5.41) is 3.53. The fourth-order valence-electron chi connectivity index (χ4n) is 3.04. The van der Waals surface area contributed by atoms with Gasteiger partial charge in [0.2, 0.25) is 0 Å². The van der Waals surface area contributed by atoms with E-state index in [0.717, 1.165) is 34.8 Å². The molecule has 1 aromatic carbocycles. The molecule has 0 spiro atoms. The van der Waals surface area contributed by atoms with Gasteiger partial charge in [0.05, 0.1) is 29.7 Å². The first kappa shape index (κ1) is 15.4. The molecule has 0 saturated heterocycles. The Morgan fingerprint density at radius 3 is 2.91 bits per heavy atom. The number of imidazole rings is 1. The number of hydrogen-bond acceptors (Lipinski definition) is 5. The molecule has 2 aromatic rings. The molecule has 0 amide bonds. The van der Waals surface area contributed by atoms with Gasteiger partial charge in [0.1, 0.15) is 5.82 Å². The first-order valence-electron chi connectivity index (χ1n) is 7.46. The van der Waals surface area contributed by atoms with Gasteiger partial charge in [0, 0.05) is 18.0 Å². The number of carbonyl (C=O) groups is 1. The minimum Gasteiger partial charge on any atom is -0.465 e. The number of aromatic nitrogens is 2. The van der Waals surface area contributed by atoms with Crippen LogP contribution in [0.1, 0.15) is 36.1 Å². The maximum absolute atomic E-state index is 12.0. The van der Waals surface area contributed by atoms with Crippen LogP contribution in [0, 0.1) is 5.92 Å². The summed E-state index contributed by atoms with van der Waals surface area (Å²) in [6.07, 6.45) is 1.97. The minimum atomic E-state index is -0.309. The lowest BCUT2D eigenvalue weighted by Crippen LogP contribution is -2.36. The second kappa shape index (κ2) is 5.93. The summed E-state index contributed by atoms with van der Waals surface area (Å²) in [6.45, 7) is 6.23. The summed E-state index contributed by atoms with van der Waals surface area (Å²) in [4.78, 5) is 17.7. The molecule has 0 bridgehead atoms. The van der Waals surface area contributed by atoms with E-state index in [1.165, 1.54) is 7.11 Å². The number of carbonyl (C=O) groups excluding carboxylic acids is 1. The first-order valence-corrected chi connectivity index (χ1v) is 8.69. The lowest BCUT2D eigenvalue weighted by Gasteiger charge is -2.28. The van der Waals surface area contributed by atoms with Gasteiger partial charge in [-0.05, 0) is 24.3 Å². The van der Waals surface area contributed by atoms with E-state index in [9.17, 15) is 4.79 Å². The SMILES string of the molecule is COC(=O)c1cc2nc3n(c2cc1SC)CCN[C@@H]3C(C)C. The van der Waals surface area contributed by atoms with Gasteiger partial charge in [-0.3, -0.25) is 0 Å². The van der Waals surface area contributed by atoms with Gasteiger partial charge < -0.3 is 14.6 Å². The molecule has 1 aromatic heterocycles. The monoisotopic (exact) mass is 319 g/mol. The summed E-state index contributed by atoms with van der Waals surface area (Å²) in [6, 6.07) is 4.17. The van der Waals surface area contributed by atoms with Crippen molar-refractivity contribution in [1.29, 1.82) is 0 Å². The molecule has 0 fully saturated rings. The van der Waals surface area contributed by atoms with Gasteiger partial charge in [-0.1, -0.05) is 13.8 Å². The Labute approximate surface area is 134 Å². The second-order valence-corrected chi connectivity index (χ2v) is 6.68. The van der Waals surface area contributed by atoms with Crippen LogP contribution in [0.15, 0.2) is 17.0 Å². The van der Waals surface area contributed by atoms with Crippen LogP contribution in [0.2, 0.25) is 0 Å². The standard InChI is InChI=1S/C16H21N3O2S/c1-9(2)14-15-18-11-7-10(16(20)21-3)13(22-4)8-12(11)19(15)6-5-17-14/h7-9,14,17H,5-6H2,1-4H3/t14-/m1/s1. The first-order chi connectivity index (χ1) is 10.6. The number of esters is 1. The van der Waals surface area contributed by atoms with Gasteiger partial charge in [0.25, 0.3) is 0 Å². The second-order valence-electron chi connectivity index (χ2n) is 5.83. The fraction of sp³-hybridized carbons (Fsp3) is 0.500.